The Morgan fingerprint density at radius 2 is 1.96 bits per heavy atom. The van der Waals surface area contributed by atoms with Crippen LogP contribution in [0.3, 0.4) is 0 Å². The maximum atomic E-state index is 4.67. The van der Waals surface area contributed by atoms with Gasteiger partial charge in [-0.3, -0.25) is 4.90 Å². The molecule has 0 aliphatic carbocycles. The first-order valence-electron chi connectivity index (χ1n) is 8.73. The van der Waals surface area contributed by atoms with E-state index in [0.29, 0.717) is 6.04 Å². The van der Waals surface area contributed by atoms with Crippen LogP contribution in [-0.4, -0.2) is 30.0 Å². The van der Waals surface area contributed by atoms with E-state index < -0.39 is 0 Å². The minimum atomic E-state index is 0.498. The number of hydrogen-bond donors (Lipinski definition) is 0. The summed E-state index contributed by atoms with van der Waals surface area (Å²) in [5.74, 6) is 1.06. The van der Waals surface area contributed by atoms with Crippen LogP contribution in [0.5, 0.6) is 0 Å². The highest BCUT2D eigenvalue weighted by Gasteiger charge is 2.24. The van der Waals surface area contributed by atoms with Gasteiger partial charge in [-0.05, 0) is 43.5 Å². The lowest BCUT2D eigenvalue weighted by atomic mass is 9.95. The molecule has 0 unspecified atom stereocenters. The summed E-state index contributed by atoms with van der Waals surface area (Å²) in [5, 5.41) is 0. The van der Waals surface area contributed by atoms with Crippen LogP contribution in [0.25, 0.3) is 0 Å². The molecule has 1 fully saturated rings. The minimum Gasteiger partial charge on any atom is -0.360 e. The molecule has 0 amide bonds. The van der Waals surface area contributed by atoms with Crippen LogP contribution < -0.4 is 4.90 Å². The number of nitrogens with zero attached hydrogens (tertiary/aromatic N) is 3. The summed E-state index contributed by atoms with van der Waals surface area (Å²) in [5.41, 5.74) is 2.75. The lowest BCUT2D eigenvalue weighted by molar-refractivity contribution is 0.140. The second kappa shape index (κ2) is 7.60. The first-order valence-corrected chi connectivity index (χ1v) is 8.73. The van der Waals surface area contributed by atoms with E-state index in [1.165, 1.54) is 36.9 Å². The summed E-state index contributed by atoms with van der Waals surface area (Å²) in [6, 6.07) is 15.7. The monoisotopic (exact) mass is 309 g/mol. The zero-order valence-corrected chi connectivity index (χ0v) is 14.3. The van der Waals surface area contributed by atoms with Crippen LogP contribution in [0.2, 0.25) is 0 Å². The SMILES string of the molecule is CCN(C)c1ccc([C@@H]2CCCCN2Cc2ccccc2)cn1. The topological polar surface area (TPSA) is 19.4 Å². The molecule has 0 saturated carbocycles. The molecule has 2 aromatic rings. The first-order chi connectivity index (χ1) is 11.3. The predicted molar refractivity (Wildman–Crippen MR) is 96.6 cm³/mol. The average molecular weight is 309 g/mol. The van der Waals surface area contributed by atoms with Gasteiger partial charge < -0.3 is 4.90 Å². The van der Waals surface area contributed by atoms with Crippen LogP contribution in [0.1, 0.15) is 43.4 Å². The van der Waals surface area contributed by atoms with Crippen LogP contribution in [0.15, 0.2) is 48.7 Å². The van der Waals surface area contributed by atoms with Gasteiger partial charge >= 0.3 is 0 Å². The Hall–Kier alpha value is -1.87. The molecule has 1 aromatic carbocycles. The van der Waals surface area contributed by atoms with Gasteiger partial charge in [0, 0.05) is 32.4 Å². The normalized spacial score (nSPS) is 18.8. The van der Waals surface area contributed by atoms with E-state index in [9.17, 15) is 0 Å². The van der Waals surface area contributed by atoms with Gasteiger partial charge in [0.05, 0.1) is 0 Å². The Bertz CT molecular complexity index is 594. The van der Waals surface area contributed by atoms with Gasteiger partial charge in [-0.2, -0.15) is 0 Å². The van der Waals surface area contributed by atoms with Crippen molar-refractivity contribution < 1.29 is 0 Å². The van der Waals surface area contributed by atoms with E-state index in [4.69, 9.17) is 0 Å². The van der Waals surface area contributed by atoms with Crippen molar-refractivity contribution >= 4 is 5.82 Å². The van der Waals surface area contributed by atoms with Crippen molar-refractivity contribution in [3.05, 3.63) is 59.8 Å². The molecule has 0 radical (unpaired) electrons. The molecule has 23 heavy (non-hydrogen) atoms. The molecule has 1 saturated heterocycles. The number of aromatic nitrogens is 1. The molecular weight excluding hydrogens is 282 g/mol. The van der Waals surface area contributed by atoms with Crippen LogP contribution >= 0.6 is 0 Å². The molecule has 3 heteroatoms. The van der Waals surface area contributed by atoms with E-state index in [-0.39, 0.29) is 0 Å². The highest BCUT2D eigenvalue weighted by Crippen LogP contribution is 2.32. The van der Waals surface area contributed by atoms with E-state index in [1.807, 2.05) is 0 Å². The largest absolute Gasteiger partial charge is 0.360 e. The summed E-state index contributed by atoms with van der Waals surface area (Å²) in [7, 11) is 2.09. The number of hydrogen-bond acceptors (Lipinski definition) is 3. The molecule has 1 aliphatic heterocycles. The number of anilines is 1. The fourth-order valence-corrected chi connectivity index (χ4v) is 3.36. The zero-order chi connectivity index (χ0) is 16.1. The third-order valence-electron chi connectivity index (χ3n) is 4.86. The summed E-state index contributed by atoms with van der Waals surface area (Å²) in [6.45, 7) is 5.34. The second-order valence-electron chi connectivity index (χ2n) is 6.43. The van der Waals surface area contributed by atoms with Crippen molar-refractivity contribution in [2.45, 2.75) is 38.8 Å². The number of likely N-dealkylation sites (tertiary alicyclic amines) is 1. The van der Waals surface area contributed by atoms with Gasteiger partial charge in [0.1, 0.15) is 5.82 Å². The van der Waals surface area contributed by atoms with Gasteiger partial charge in [0.25, 0.3) is 0 Å². The second-order valence-corrected chi connectivity index (χ2v) is 6.43. The predicted octanol–water partition coefficient (Wildman–Crippen LogP) is 4.26. The molecule has 3 rings (SSSR count). The van der Waals surface area contributed by atoms with Gasteiger partial charge in [-0.25, -0.2) is 4.98 Å². The molecule has 122 valence electrons. The summed E-state index contributed by atoms with van der Waals surface area (Å²) in [6.07, 6.45) is 5.92. The maximum Gasteiger partial charge on any atom is 0.128 e. The standard InChI is InChI=1S/C20H27N3/c1-3-22(2)20-13-12-18(15-21-20)19-11-7-8-14-23(19)16-17-9-5-4-6-10-17/h4-6,9-10,12-13,15,19H,3,7-8,11,14,16H2,1-2H3/t19-/m0/s1. The van der Waals surface area contributed by atoms with Gasteiger partial charge in [-0.15, -0.1) is 0 Å². The third kappa shape index (κ3) is 3.91. The Kier molecular flexibility index (Phi) is 5.29. The smallest absolute Gasteiger partial charge is 0.128 e. The molecule has 0 bridgehead atoms. The van der Waals surface area contributed by atoms with Crippen LogP contribution in [0, 0.1) is 0 Å². The van der Waals surface area contributed by atoms with Gasteiger partial charge in [-0.1, -0.05) is 42.8 Å². The van der Waals surface area contributed by atoms with Gasteiger partial charge in [0.15, 0.2) is 0 Å². The molecule has 0 spiro atoms. The summed E-state index contributed by atoms with van der Waals surface area (Å²) < 4.78 is 0. The number of pyridine rings is 1. The fourth-order valence-electron chi connectivity index (χ4n) is 3.36. The molecule has 3 nitrogen and oxygen atoms in total. The third-order valence-corrected chi connectivity index (χ3v) is 4.86. The summed E-state index contributed by atoms with van der Waals surface area (Å²) in [4.78, 5) is 9.45. The van der Waals surface area contributed by atoms with Crippen LogP contribution in [0.4, 0.5) is 5.82 Å². The molecular formula is C20H27N3. The molecule has 0 N–H and O–H groups in total. The van der Waals surface area contributed by atoms with Crippen molar-refractivity contribution in [3.63, 3.8) is 0 Å². The molecule has 1 aromatic heterocycles. The molecule has 1 atom stereocenters. The highest BCUT2D eigenvalue weighted by atomic mass is 15.2. The maximum absolute atomic E-state index is 4.67. The first kappa shape index (κ1) is 16.0. The Balaban J connectivity index is 1.75. The van der Waals surface area contributed by atoms with Crippen molar-refractivity contribution in [2.75, 3.05) is 25.0 Å². The Labute approximate surface area is 140 Å². The molecule has 2 heterocycles. The lowest BCUT2D eigenvalue weighted by Gasteiger charge is -2.36. The van der Waals surface area contributed by atoms with E-state index in [1.54, 1.807) is 0 Å². The van der Waals surface area contributed by atoms with Crippen molar-refractivity contribution in [3.8, 4) is 0 Å². The average Bonchev–Trinajstić information content (AvgIpc) is 2.62. The minimum absolute atomic E-state index is 0.498. The van der Waals surface area contributed by atoms with E-state index >= 15 is 0 Å². The van der Waals surface area contributed by atoms with Crippen LogP contribution in [-0.2, 0) is 6.54 Å². The molecule has 1 aliphatic rings. The Morgan fingerprint density at radius 3 is 2.65 bits per heavy atom. The van der Waals surface area contributed by atoms with Crippen molar-refractivity contribution in [1.82, 2.24) is 9.88 Å². The number of benzene rings is 1. The highest BCUT2D eigenvalue weighted by molar-refractivity contribution is 5.38. The quantitative estimate of drug-likeness (QED) is 0.822. The summed E-state index contributed by atoms with van der Waals surface area (Å²) >= 11 is 0. The lowest BCUT2D eigenvalue weighted by Crippen LogP contribution is -2.33. The van der Waals surface area contributed by atoms with Gasteiger partial charge in [0.2, 0.25) is 0 Å². The van der Waals surface area contributed by atoms with E-state index in [0.717, 1.165) is 18.9 Å². The zero-order valence-electron chi connectivity index (χ0n) is 14.3. The van der Waals surface area contributed by atoms with Crippen molar-refractivity contribution in [2.24, 2.45) is 0 Å². The Morgan fingerprint density at radius 1 is 1.13 bits per heavy atom. The number of rotatable bonds is 5. The number of piperidine rings is 1. The van der Waals surface area contributed by atoms with E-state index in [2.05, 4.69) is 77.4 Å². The van der Waals surface area contributed by atoms with Crippen molar-refractivity contribution in [1.29, 1.82) is 0 Å². The fraction of sp³-hybridized carbons (Fsp3) is 0.450.